The molecule has 1 aromatic heterocycles. The van der Waals surface area contributed by atoms with Crippen molar-refractivity contribution < 1.29 is 37.3 Å². The fraction of sp³-hybridized carbons (Fsp3) is 0.370. The van der Waals surface area contributed by atoms with Crippen LogP contribution in [0.25, 0.3) is 0 Å². The second kappa shape index (κ2) is 13.8. The Labute approximate surface area is 217 Å². The van der Waals surface area contributed by atoms with Gasteiger partial charge in [-0.1, -0.05) is 36.4 Å². The molecule has 1 aliphatic rings. The van der Waals surface area contributed by atoms with Crippen molar-refractivity contribution in [2.75, 3.05) is 13.1 Å². The Morgan fingerprint density at radius 1 is 0.947 bits per heavy atom. The molecule has 38 heavy (non-hydrogen) atoms. The number of alkyl halides is 3. The Bertz CT molecular complexity index is 1150. The van der Waals surface area contributed by atoms with E-state index in [1.807, 2.05) is 12.1 Å². The van der Waals surface area contributed by atoms with Crippen LogP contribution in [0.4, 0.5) is 17.6 Å². The molecule has 0 amide bonds. The summed E-state index contributed by atoms with van der Waals surface area (Å²) in [5, 5.41) is 25.1. The molecule has 2 aromatic carbocycles. The lowest BCUT2D eigenvalue weighted by Gasteiger charge is -2.29. The number of likely N-dealkylation sites (tertiary alicyclic amines) is 1. The second-order valence-corrected chi connectivity index (χ2v) is 8.91. The number of nitrogens with zero attached hydrogens (tertiary/aromatic N) is 3. The van der Waals surface area contributed by atoms with Crippen molar-refractivity contribution in [1.82, 2.24) is 15.1 Å². The maximum atomic E-state index is 13.2. The maximum Gasteiger partial charge on any atom is 0.490 e. The number of carboxylic acids is 1. The number of carboxylic acid groups (broad SMARTS) is 1. The van der Waals surface area contributed by atoms with Gasteiger partial charge in [-0.3, -0.25) is 4.90 Å². The average Bonchev–Trinajstić information content (AvgIpc) is 2.89. The van der Waals surface area contributed by atoms with Gasteiger partial charge in [-0.25, -0.2) is 9.18 Å². The van der Waals surface area contributed by atoms with Gasteiger partial charge in [-0.05, 0) is 60.6 Å². The molecule has 3 aromatic rings. The number of benzene rings is 2. The molecule has 0 bridgehead atoms. The van der Waals surface area contributed by atoms with E-state index in [0.717, 1.165) is 56.6 Å². The van der Waals surface area contributed by atoms with Crippen molar-refractivity contribution in [2.45, 2.75) is 51.1 Å². The number of aliphatic hydroxyl groups excluding tert-OH is 1. The number of ether oxygens (including phenoxy) is 1. The number of aliphatic carboxylic acids is 1. The first kappa shape index (κ1) is 29.0. The molecule has 0 aliphatic carbocycles. The largest absolute Gasteiger partial charge is 0.490 e. The van der Waals surface area contributed by atoms with Crippen molar-refractivity contribution >= 4 is 5.97 Å². The molecule has 11 heteroatoms. The Balaban J connectivity index is 0.000000505. The van der Waals surface area contributed by atoms with Crippen LogP contribution in [0.1, 0.15) is 35.2 Å². The SMILES string of the molecule is O=C(O)C(F)(F)F.OC1CCN(Cc2ccc(CCc3ccc(OCc4cccc(F)c4)nn3)cc2)CC1. The van der Waals surface area contributed by atoms with Crippen molar-refractivity contribution in [2.24, 2.45) is 0 Å². The Kier molecular flexibility index (Phi) is 10.5. The normalized spacial score (nSPS) is 14.4. The summed E-state index contributed by atoms with van der Waals surface area (Å²) in [5.41, 5.74) is 4.24. The van der Waals surface area contributed by atoms with Gasteiger partial charge in [0.25, 0.3) is 0 Å². The quantitative estimate of drug-likeness (QED) is 0.408. The molecular formula is C27H29F4N3O4. The van der Waals surface area contributed by atoms with Gasteiger partial charge in [0.1, 0.15) is 12.4 Å². The molecular weight excluding hydrogens is 506 g/mol. The third kappa shape index (κ3) is 10.1. The minimum absolute atomic E-state index is 0.129. The lowest BCUT2D eigenvalue weighted by Crippen LogP contribution is -2.35. The topological polar surface area (TPSA) is 95.8 Å². The number of aromatic nitrogens is 2. The van der Waals surface area contributed by atoms with Crippen molar-refractivity contribution in [3.8, 4) is 5.88 Å². The summed E-state index contributed by atoms with van der Waals surface area (Å²) in [4.78, 5) is 11.3. The summed E-state index contributed by atoms with van der Waals surface area (Å²) < 4.78 is 50.5. The highest BCUT2D eigenvalue weighted by Gasteiger charge is 2.38. The van der Waals surface area contributed by atoms with Crippen LogP contribution in [0.5, 0.6) is 5.88 Å². The number of hydrogen-bond acceptors (Lipinski definition) is 6. The van der Waals surface area contributed by atoms with E-state index in [2.05, 4.69) is 39.4 Å². The van der Waals surface area contributed by atoms with Crippen LogP contribution in [0, 0.1) is 5.82 Å². The number of piperidine rings is 1. The number of aryl methyl sites for hydroxylation is 2. The molecule has 4 rings (SSSR count). The summed E-state index contributed by atoms with van der Waals surface area (Å²) >= 11 is 0. The fourth-order valence-corrected chi connectivity index (χ4v) is 3.76. The highest BCUT2D eigenvalue weighted by Crippen LogP contribution is 2.16. The summed E-state index contributed by atoms with van der Waals surface area (Å²) in [6.45, 7) is 3.12. The zero-order valence-corrected chi connectivity index (χ0v) is 20.6. The predicted molar refractivity (Wildman–Crippen MR) is 131 cm³/mol. The summed E-state index contributed by atoms with van der Waals surface area (Å²) in [7, 11) is 0. The summed E-state index contributed by atoms with van der Waals surface area (Å²) in [5.74, 6) is -2.60. The lowest BCUT2D eigenvalue weighted by atomic mass is 10.0. The molecule has 1 saturated heterocycles. The third-order valence-electron chi connectivity index (χ3n) is 5.87. The molecule has 0 radical (unpaired) electrons. The minimum Gasteiger partial charge on any atom is -0.475 e. The number of rotatable bonds is 8. The average molecular weight is 536 g/mol. The van der Waals surface area contributed by atoms with E-state index in [1.165, 1.54) is 23.3 Å². The van der Waals surface area contributed by atoms with Gasteiger partial charge in [0, 0.05) is 25.7 Å². The van der Waals surface area contributed by atoms with E-state index in [9.17, 15) is 22.7 Å². The third-order valence-corrected chi connectivity index (χ3v) is 5.87. The molecule has 0 unspecified atom stereocenters. The molecule has 2 N–H and O–H groups in total. The van der Waals surface area contributed by atoms with Gasteiger partial charge < -0.3 is 14.9 Å². The first-order chi connectivity index (χ1) is 18.1. The highest BCUT2D eigenvalue weighted by molar-refractivity contribution is 5.73. The maximum absolute atomic E-state index is 13.2. The van der Waals surface area contributed by atoms with E-state index in [4.69, 9.17) is 14.6 Å². The molecule has 7 nitrogen and oxygen atoms in total. The van der Waals surface area contributed by atoms with Crippen molar-refractivity contribution in [3.63, 3.8) is 0 Å². The van der Waals surface area contributed by atoms with Gasteiger partial charge in [0.15, 0.2) is 0 Å². The van der Waals surface area contributed by atoms with Gasteiger partial charge in [-0.15, -0.1) is 5.10 Å². The highest BCUT2D eigenvalue weighted by atomic mass is 19.4. The number of aliphatic hydroxyl groups is 1. The molecule has 0 saturated carbocycles. The summed E-state index contributed by atoms with van der Waals surface area (Å²) in [6.07, 6.45) is -1.77. The molecule has 204 valence electrons. The Morgan fingerprint density at radius 3 is 2.18 bits per heavy atom. The molecule has 2 heterocycles. The lowest BCUT2D eigenvalue weighted by molar-refractivity contribution is -0.192. The minimum atomic E-state index is -5.08. The first-order valence-corrected chi connectivity index (χ1v) is 12.1. The number of carbonyl (C=O) groups is 1. The van der Waals surface area contributed by atoms with E-state index in [0.29, 0.717) is 5.88 Å². The van der Waals surface area contributed by atoms with Crippen LogP contribution < -0.4 is 4.74 Å². The second-order valence-electron chi connectivity index (χ2n) is 8.91. The van der Waals surface area contributed by atoms with Gasteiger partial charge in [0.2, 0.25) is 5.88 Å². The monoisotopic (exact) mass is 535 g/mol. The van der Waals surface area contributed by atoms with Crippen LogP contribution in [-0.2, 0) is 30.8 Å². The van der Waals surface area contributed by atoms with Gasteiger partial charge in [-0.2, -0.15) is 18.3 Å². The fourth-order valence-electron chi connectivity index (χ4n) is 3.76. The van der Waals surface area contributed by atoms with Crippen molar-refractivity contribution in [3.05, 3.63) is 88.9 Å². The molecule has 0 atom stereocenters. The van der Waals surface area contributed by atoms with Crippen LogP contribution in [0.15, 0.2) is 60.7 Å². The Morgan fingerprint density at radius 2 is 1.61 bits per heavy atom. The summed E-state index contributed by atoms with van der Waals surface area (Å²) in [6, 6.07) is 18.8. The van der Waals surface area contributed by atoms with Crippen LogP contribution >= 0.6 is 0 Å². The molecule has 0 spiro atoms. The van der Waals surface area contributed by atoms with Crippen LogP contribution in [0.2, 0.25) is 0 Å². The standard InChI is InChI=1S/C25H28FN3O2.C2HF3O2/c26-22-3-1-2-21(16-22)18-31-25-11-10-23(27-28-25)9-8-19-4-6-20(7-5-19)17-29-14-12-24(30)13-15-29;3-2(4,5)1(6)7/h1-7,10-11,16,24,30H,8-9,12-15,17-18H2;(H,6,7). The van der Waals surface area contributed by atoms with Gasteiger partial charge in [0.05, 0.1) is 11.8 Å². The van der Waals surface area contributed by atoms with Crippen molar-refractivity contribution in [1.29, 1.82) is 0 Å². The Hall–Kier alpha value is -3.57. The van der Waals surface area contributed by atoms with E-state index in [1.54, 1.807) is 12.1 Å². The van der Waals surface area contributed by atoms with E-state index < -0.39 is 12.1 Å². The predicted octanol–water partition coefficient (Wildman–Crippen LogP) is 4.57. The van der Waals surface area contributed by atoms with Crippen LogP contribution in [-0.4, -0.2) is 56.6 Å². The number of halogens is 4. The first-order valence-electron chi connectivity index (χ1n) is 12.1. The van der Waals surface area contributed by atoms with Gasteiger partial charge >= 0.3 is 12.1 Å². The zero-order valence-electron chi connectivity index (χ0n) is 20.6. The molecule has 1 aliphatic heterocycles. The molecule has 1 fully saturated rings. The number of hydrogen-bond donors (Lipinski definition) is 2. The van der Waals surface area contributed by atoms with Crippen LogP contribution in [0.3, 0.4) is 0 Å². The smallest absolute Gasteiger partial charge is 0.475 e. The van der Waals surface area contributed by atoms with E-state index >= 15 is 0 Å². The van der Waals surface area contributed by atoms with E-state index in [-0.39, 0.29) is 18.5 Å². The zero-order chi connectivity index (χ0) is 27.5.